The Morgan fingerprint density at radius 1 is 1.86 bits per heavy atom. The average Bonchev–Trinajstić information content (AvgIpc) is 1.69. The van der Waals surface area contributed by atoms with Crippen LogP contribution in [-0.4, -0.2) is 6.47 Å². The summed E-state index contributed by atoms with van der Waals surface area (Å²) in [5.41, 5.74) is 0. The van der Waals surface area contributed by atoms with Crippen molar-refractivity contribution in [3.8, 4) is 0 Å². The minimum Gasteiger partial charge on any atom is -0.380 e. The third-order valence-electron chi connectivity index (χ3n) is 0.161. The van der Waals surface area contributed by atoms with Crippen LogP contribution in [0.5, 0.6) is 0 Å². The van der Waals surface area contributed by atoms with E-state index >= 15 is 0 Å². The highest BCUT2D eigenvalue weighted by atomic mass is 33.1. The molecule has 0 aromatic heterocycles. The Hall–Kier alpha value is 0.0900. The van der Waals surface area contributed by atoms with Crippen molar-refractivity contribution in [3.05, 3.63) is 0 Å². The molecule has 0 fully saturated rings. The number of nitrogens with two attached hydrogens (primary N) is 1. The summed E-state index contributed by atoms with van der Waals surface area (Å²) in [7, 11) is 1.02. The Kier molecular flexibility index (Phi) is 6.17. The van der Waals surface area contributed by atoms with Crippen molar-refractivity contribution < 1.29 is 8.98 Å². The lowest BCUT2D eigenvalue weighted by Gasteiger charge is -1.88. The van der Waals surface area contributed by atoms with Crippen LogP contribution in [-0.2, 0) is 8.98 Å². The van der Waals surface area contributed by atoms with Gasteiger partial charge < -0.3 is 4.18 Å². The molecule has 0 aromatic carbocycles. The average molecular weight is 140 g/mol. The number of hydrogen-bond donors (Lipinski definition) is 2. The van der Waals surface area contributed by atoms with Gasteiger partial charge in [0.05, 0.1) is 0 Å². The Balaban J connectivity index is 2.56. The fraction of sp³-hybridized carbons (Fsp3) is 0. The molecule has 4 nitrogen and oxygen atoms in total. The van der Waals surface area contributed by atoms with Crippen LogP contribution in [0.3, 0.4) is 0 Å². The molecule has 0 bridgehead atoms. The fourth-order valence-electron chi connectivity index (χ4n) is 0.0553. The Labute approximate surface area is 48.9 Å². The van der Waals surface area contributed by atoms with Gasteiger partial charge in [-0.2, -0.15) is 4.83 Å². The lowest BCUT2D eigenvalue weighted by molar-refractivity contribution is -0.119. The molecular weight excluding hydrogens is 136 g/mol. The van der Waals surface area contributed by atoms with E-state index in [1.165, 1.54) is 0 Å². The molecule has 0 aromatic rings. The molecule has 0 atom stereocenters. The van der Waals surface area contributed by atoms with Gasteiger partial charge in [-0.05, 0) is 0 Å². The summed E-state index contributed by atoms with van der Waals surface area (Å²) in [4.78, 5) is 11.6. The van der Waals surface area contributed by atoms with E-state index in [0.717, 1.165) is 22.1 Å². The van der Waals surface area contributed by atoms with Crippen LogP contribution in [0, 0.1) is 0 Å². The molecule has 0 aliphatic heterocycles. The van der Waals surface area contributed by atoms with E-state index in [0.29, 0.717) is 6.47 Å². The number of carbonyl (C=O) groups is 1. The van der Waals surface area contributed by atoms with Crippen LogP contribution >= 0.6 is 22.1 Å². The van der Waals surface area contributed by atoms with Crippen LogP contribution in [0.15, 0.2) is 0 Å². The van der Waals surface area contributed by atoms with Crippen molar-refractivity contribution in [2.24, 2.45) is 5.84 Å². The van der Waals surface area contributed by atoms with Gasteiger partial charge >= 0.3 is 6.47 Å². The highest BCUT2D eigenvalue weighted by molar-refractivity contribution is 8.74. The molecule has 0 amide bonds. The Morgan fingerprint density at radius 3 is 3.00 bits per heavy atom. The molecule has 0 unspecified atom stereocenters. The zero-order valence-corrected chi connectivity index (χ0v) is 4.92. The van der Waals surface area contributed by atoms with E-state index < -0.39 is 0 Å². The standard InChI is InChI=1S/CH4N2O2S2/c2-3-6-7-5-1-4/h1,3H,2H2. The maximum Gasteiger partial charge on any atom is 0.306 e. The van der Waals surface area contributed by atoms with Crippen molar-refractivity contribution in [1.82, 2.24) is 4.83 Å². The first-order chi connectivity index (χ1) is 3.41. The monoisotopic (exact) mass is 140 g/mol. The summed E-state index contributed by atoms with van der Waals surface area (Å²) in [5.74, 6) is 4.77. The van der Waals surface area contributed by atoms with E-state index in [1.54, 1.807) is 0 Å². The summed E-state index contributed by atoms with van der Waals surface area (Å²) in [6.07, 6.45) is 0. The highest BCUT2D eigenvalue weighted by Crippen LogP contribution is 2.14. The molecule has 0 radical (unpaired) electrons. The summed E-state index contributed by atoms with van der Waals surface area (Å²) in [6, 6.07) is 0. The Bertz CT molecular complexity index is 51.0. The van der Waals surface area contributed by atoms with E-state index in [-0.39, 0.29) is 0 Å². The van der Waals surface area contributed by atoms with E-state index in [2.05, 4.69) is 9.01 Å². The van der Waals surface area contributed by atoms with Gasteiger partial charge in [-0.15, -0.1) is 0 Å². The van der Waals surface area contributed by atoms with Gasteiger partial charge in [0, 0.05) is 11.0 Å². The molecular formula is CH4N2O2S2. The predicted molar refractivity (Wildman–Crippen MR) is 29.7 cm³/mol. The molecule has 0 saturated heterocycles. The van der Waals surface area contributed by atoms with Crippen molar-refractivity contribution in [2.75, 3.05) is 0 Å². The molecule has 3 N–H and O–H groups in total. The van der Waals surface area contributed by atoms with Crippen molar-refractivity contribution in [1.29, 1.82) is 0 Å². The second-order valence-electron chi connectivity index (χ2n) is 0.462. The largest absolute Gasteiger partial charge is 0.380 e. The maximum absolute atomic E-state index is 9.35. The van der Waals surface area contributed by atoms with Gasteiger partial charge in [-0.25, -0.2) is 0 Å². The summed E-state index contributed by atoms with van der Waals surface area (Å²) in [5, 5.41) is 0. The van der Waals surface area contributed by atoms with Crippen molar-refractivity contribution >= 4 is 28.5 Å². The van der Waals surface area contributed by atoms with E-state index in [4.69, 9.17) is 5.84 Å². The van der Waals surface area contributed by atoms with Gasteiger partial charge in [-0.3, -0.25) is 10.6 Å². The summed E-state index contributed by atoms with van der Waals surface area (Å²) >= 11 is 0.866. The number of rotatable bonds is 4. The summed E-state index contributed by atoms with van der Waals surface area (Å²) in [6.45, 7) is 0.328. The van der Waals surface area contributed by atoms with Gasteiger partial charge in [0.1, 0.15) is 11.1 Å². The summed E-state index contributed by atoms with van der Waals surface area (Å²) < 4.78 is 4.13. The minimum absolute atomic E-state index is 0.328. The van der Waals surface area contributed by atoms with Crippen molar-refractivity contribution in [3.63, 3.8) is 0 Å². The first-order valence-electron chi connectivity index (χ1n) is 1.30. The third kappa shape index (κ3) is 6.09. The van der Waals surface area contributed by atoms with Gasteiger partial charge in [-0.1, -0.05) is 0 Å². The smallest absolute Gasteiger partial charge is 0.306 e. The molecule has 0 heterocycles. The quantitative estimate of drug-likeness (QED) is 0.107. The molecule has 0 spiro atoms. The van der Waals surface area contributed by atoms with Gasteiger partial charge in [0.15, 0.2) is 0 Å². The third-order valence-corrected chi connectivity index (χ3v) is 1.21. The Morgan fingerprint density at radius 2 is 2.57 bits per heavy atom. The van der Waals surface area contributed by atoms with Gasteiger partial charge in [0.25, 0.3) is 0 Å². The second-order valence-corrected chi connectivity index (χ2v) is 2.10. The zero-order chi connectivity index (χ0) is 5.54. The second kappa shape index (κ2) is 6.09. The van der Waals surface area contributed by atoms with Crippen LogP contribution in [0.25, 0.3) is 0 Å². The lowest BCUT2D eigenvalue weighted by atomic mass is 11.7. The zero-order valence-electron chi connectivity index (χ0n) is 3.29. The van der Waals surface area contributed by atoms with Gasteiger partial charge in [0.2, 0.25) is 0 Å². The molecule has 7 heavy (non-hydrogen) atoms. The van der Waals surface area contributed by atoms with Crippen LogP contribution < -0.4 is 10.7 Å². The van der Waals surface area contributed by atoms with Crippen LogP contribution in [0.4, 0.5) is 0 Å². The number of nitrogens with one attached hydrogen (secondary N) is 1. The predicted octanol–water partition coefficient (Wildman–Crippen LogP) is -0.166. The number of hydrazine groups is 1. The van der Waals surface area contributed by atoms with Crippen molar-refractivity contribution in [2.45, 2.75) is 0 Å². The fourth-order valence-corrected chi connectivity index (χ4v) is 0.498. The van der Waals surface area contributed by atoms with Crippen LogP contribution in [0.1, 0.15) is 0 Å². The number of hydrogen-bond acceptors (Lipinski definition) is 6. The van der Waals surface area contributed by atoms with Crippen LogP contribution in [0.2, 0.25) is 0 Å². The molecule has 6 heteroatoms. The first-order valence-corrected chi connectivity index (χ1v) is 3.37. The van der Waals surface area contributed by atoms with E-state index in [1.807, 2.05) is 0 Å². The molecule has 0 aliphatic carbocycles. The highest BCUT2D eigenvalue weighted by Gasteiger charge is 1.80. The normalized spacial score (nSPS) is 8.14. The van der Waals surface area contributed by atoms with E-state index in [9.17, 15) is 4.79 Å². The topological polar surface area (TPSA) is 64.3 Å². The molecule has 0 saturated carbocycles. The molecule has 42 valence electrons. The number of carbonyl (C=O) groups excluding carboxylic acids is 1. The molecule has 0 aliphatic rings. The SMILES string of the molecule is NNSSOC=O. The first kappa shape index (κ1) is 7.09. The minimum atomic E-state index is 0.328. The maximum atomic E-state index is 9.35. The molecule has 0 rings (SSSR count). The lowest BCUT2D eigenvalue weighted by Crippen LogP contribution is -2.09.